The average Bonchev–Trinajstić information content (AvgIpc) is 2.54. The number of hydrogen-bond donors (Lipinski definition) is 1. The van der Waals surface area contributed by atoms with E-state index in [4.69, 9.17) is 4.74 Å². The third-order valence-electron chi connectivity index (χ3n) is 3.26. The van der Waals surface area contributed by atoms with Gasteiger partial charge in [0, 0.05) is 12.8 Å². The minimum absolute atomic E-state index is 0.107. The molecule has 1 heterocycles. The highest BCUT2D eigenvalue weighted by atomic mass is 32.2. The Kier molecular flexibility index (Phi) is 5.33. The summed E-state index contributed by atoms with van der Waals surface area (Å²) in [5, 5.41) is 3.93. The number of amides is 1. The molecule has 0 spiro atoms. The van der Waals surface area contributed by atoms with Crippen LogP contribution in [0, 0.1) is 0 Å². The maximum Gasteiger partial charge on any atom is 0.240 e. The van der Waals surface area contributed by atoms with Gasteiger partial charge in [-0.15, -0.1) is 6.58 Å². The first-order valence-corrected chi connectivity index (χ1v) is 8.66. The van der Waals surface area contributed by atoms with Gasteiger partial charge < -0.3 is 4.74 Å². The molecule has 0 radical (unpaired) electrons. The van der Waals surface area contributed by atoms with Crippen LogP contribution in [0.2, 0.25) is 0 Å². The number of allylic oxidation sites excluding steroid dienone is 1. The lowest BCUT2D eigenvalue weighted by Gasteiger charge is -2.10. The predicted molar refractivity (Wildman–Crippen MR) is 89.1 cm³/mol. The monoisotopic (exact) mass is 334 g/mol. The van der Waals surface area contributed by atoms with Crippen molar-refractivity contribution in [3.05, 3.63) is 42.5 Å². The first kappa shape index (κ1) is 17.0. The van der Waals surface area contributed by atoms with Crippen LogP contribution in [-0.4, -0.2) is 32.9 Å². The molecule has 6 nitrogen and oxygen atoms in total. The van der Waals surface area contributed by atoms with Crippen molar-refractivity contribution in [2.24, 2.45) is 5.10 Å². The number of benzene rings is 1. The minimum atomic E-state index is -3.49. The van der Waals surface area contributed by atoms with Crippen molar-refractivity contribution in [3.63, 3.8) is 0 Å². The number of nitrogens with one attached hydrogen (secondary N) is 1. The SMILES string of the molecule is C=CCS(=O)(=O)c1cc(C=CC2=NNC(=O)CC2)ccc1OC. The lowest BCUT2D eigenvalue weighted by Crippen LogP contribution is -2.24. The van der Waals surface area contributed by atoms with Crippen LogP contribution in [0.25, 0.3) is 6.08 Å². The summed E-state index contributed by atoms with van der Waals surface area (Å²) in [6, 6.07) is 4.92. The molecule has 0 unspecified atom stereocenters. The van der Waals surface area contributed by atoms with Gasteiger partial charge in [-0.1, -0.05) is 18.2 Å². The number of nitrogens with zero attached hydrogens (tertiary/aromatic N) is 1. The Morgan fingerprint density at radius 1 is 1.35 bits per heavy atom. The number of hydrogen-bond acceptors (Lipinski definition) is 5. The normalized spacial score (nSPS) is 15.2. The van der Waals surface area contributed by atoms with Gasteiger partial charge >= 0.3 is 0 Å². The molecule has 1 aliphatic heterocycles. The lowest BCUT2D eigenvalue weighted by atomic mass is 10.1. The van der Waals surface area contributed by atoms with Crippen LogP contribution in [0.1, 0.15) is 18.4 Å². The first-order chi connectivity index (χ1) is 11.0. The van der Waals surface area contributed by atoms with E-state index in [9.17, 15) is 13.2 Å². The molecular weight excluding hydrogens is 316 g/mol. The number of ether oxygens (including phenoxy) is 1. The molecule has 0 aromatic heterocycles. The predicted octanol–water partition coefficient (Wildman–Crippen LogP) is 1.93. The zero-order valence-corrected chi connectivity index (χ0v) is 13.6. The summed E-state index contributed by atoms with van der Waals surface area (Å²) in [5.41, 5.74) is 3.84. The van der Waals surface area contributed by atoms with Crippen LogP contribution in [0.3, 0.4) is 0 Å². The molecule has 0 aliphatic carbocycles. The van der Waals surface area contributed by atoms with E-state index in [-0.39, 0.29) is 16.6 Å². The highest BCUT2D eigenvalue weighted by Crippen LogP contribution is 2.26. The van der Waals surface area contributed by atoms with Crippen molar-refractivity contribution >= 4 is 27.5 Å². The molecule has 1 aromatic rings. The molecule has 23 heavy (non-hydrogen) atoms. The maximum atomic E-state index is 12.3. The van der Waals surface area contributed by atoms with E-state index in [1.807, 2.05) is 0 Å². The molecule has 7 heteroatoms. The summed E-state index contributed by atoms with van der Waals surface area (Å²) in [5.74, 6) is 0.0330. The van der Waals surface area contributed by atoms with E-state index in [0.717, 1.165) is 5.71 Å². The molecule has 1 aliphatic rings. The zero-order valence-electron chi connectivity index (χ0n) is 12.8. The number of methoxy groups -OCH3 is 1. The summed E-state index contributed by atoms with van der Waals surface area (Å²) >= 11 is 0. The topological polar surface area (TPSA) is 84.8 Å². The Hall–Kier alpha value is -2.41. The van der Waals surface area contributed by atoms with Crippen LogP contribution in [0.5, 0.6) is 5.75 Å². The van der Waals surface area contributed by atoms with Gasteiger partial charge in [0.2, 0.25) is 5.91 Å². The van der Waals surface area contributed by atoms with Gasteiger partial charge in [0.25, 0.3) is 0 Å². The Labute approximate surface area is 135 Å². The van der Waals surface area contributed by atoms with Gasteiger partial charge in [-0.2, -0.15) is 5.10 Å². The number of hydrazone groups is 1. The number of carbonyl (C=O) groups is 1. The van der Waals surface area contributed by atoms with Crippen LogP contribution in [0.15, 0.2) is 46.9 Å². The van der Waals surface area contributed by atoms with Gasteiger partial charge in [-0.25, -0.2) is 13.8 Å². The molecule has 0 bridgehead atoms. The van der Waals surface area contributed by atoms with E-state index in [1.54, 1.807) is 30.4 Å². The van der Waals surface area contributed by atoms with E-state index in [2.05, 4.69) is 17.1 Å². The summed E-state index contributed by atoms with van der Waals surface area (Å²) in [4.78, 5) is 11.2. The fourth-order valence-corrected chi connectivity index (χ4v) is 3.35. The van der Waals surface area contributed by atoms with Gasteiger partial charge in [-0.05, 0) is 23.8 Å². The second-order valence-corrected chi connectivity index (χ2v) is 6.95. The molecule has 0 fully saturated rings. The second kappa shape index (κ2) is 7.23. The first-order valence-electron chi connectivity index (χ1n) is 7.01. The summed E-state index contributed by atoms with van der Waals surface area (Å²) < 4.78 is 29.6. The van der Waals surface area contributed by atoms with Crippen LogP contribution in [-0.2, 0) is 14.6 Å². The smallest absolute Gasteiger partial charge is 0.240 e. The number of sulfone groups is 1. The molecule has 0 atom stereocenters. The molecule has 122 valence electrons. The van der Waals surface area contributed by atoms with Crippen molar-refractivity contribution in [3.8, 4) is 5.75 Å². The third kappa shape index (κ3) is 4.29. The molecule has 1 N–H and O–H groups in total. The van der Waals surface area contributed by atoms with Crippen molar-refractivity contribution in [2.75, 3.05) is 12.9 Å². The van der Waals surface area contributed by atoms with Gasteiger partial charge in [0.05, 0.1) is 18.6 Å². The fraction of sp³-hybridized carbons (Fsp3) is 0.250. The van der Waals surface area contributed by atoms with Crippen LogP contribution >= 0.6 is 0 Å². The highest BCUT2D eigenvalue weighted by molar-refractivity contribution is 7.91. The standard InChI is InChI=1S/C16H18N2O4S/c1-3-10-23(20,21)15-11-12(5-8-14(15)22-2)4-6-13-7-9-16(19)18-17-13/h3-6,8,11H,1,7,9-10H2,2H3,(H,18,19). The minimum Gasteiger partial charge on any atom is -0.495 e. The third-order valence-corrected chi connectivity index (χ3v) is 4.92. The van der Waals surface area contributed by atoms with Gasteiger partial charge in [0.1, 0.15) is 10.6 Å². The Morgan fingerprint density at radius 3 is 2.74 bits per heavy atom. The molecule has 2 rings (SSSR count). The Bertz CT molecular complexity index is 779. The Morgan fingerprint density at radius 2 is 2.13 bits per heavy atom. The van der Waals surface area contributed by atoms with Crippen molar-refractivity contribution in [1.82, 2.24) is 5.43 Å². The molecule has 0 saturated heterocycles. The molecular formula is C16H18N2O4S. The number of carbonyl (C=O) groups excluding carboxylic acids is 1. The quantitative estimate of drug-likeness (QED) is 0.806. The van der Waals surface area contributed by atoms with E-state index >= 15 is 0 Å². The largest absolute Gasteiger partial charge is 0.495 e. The Balaban J connectivity index is 2.31. The van der Waals surface area contributed by atoms with Crippen molar-refractivity contribution in [1.29, 1.82) is 0 Å². The summed E-state index contributed by atoms with van der Waals surface area (Å²) in [6.07, 6.45) is 5.80. The van der Waals surface area contributed by atoms with Crippen LogP contribution in [0.4, 0.5) is 0 Å². The zero-order chi connectivity index (χ0) is 16.9. The van der Waals surface area contributed by atoms with E-state index in [1.165, 1.54) is 13.2 Å². The number of rotatable bonds is 6. The molecule has 1 aromatic carbocycles. The van der Waals surface area contributed by atoms with Crippen molar-refractivity contribution in [2.45, 2.75) is 17.7 Å². The molecule has 1 amide bonds. The fourth-order valence-electron chi connectivity index (χ4n) is 2.09. The van der Waals surface area contributed by atoms with Gasteiger partial charge in [0.15, 0.2) is 9.84 Å². The highest BCUT2D eigenvalue weighted by Gasteiger charge is 2.18. The van der Waals surface area contributed by atoms with E-state index in [0.29, 0.717) is 24.2 Å². The van der Waals surface area contributed by atoms with Crippen LogP contribution < -0.4 is 10.2 Å². The second-order valence-electron chi connectivity index (χ2n) is 4.95. The average molecular weight is 334 g/mol. The summed E-state index contributed by atoms with van der Waals surface area (Å²) in [6.45, 7) is 3.47. The van der Waals surface area contributed by atoms with E-state index < -0.39 is 9.84 Å². The maximum absolute atomic E-state index is 12.3. The van der Waals surface area contributed by atoms with Gasteiger partial charge in [-0.3, -0.25) is 4.79 Å². The summed E-state index contributed by atoms with van der Waals surface area (Å²) in [7, 11) is -2.06. The molecule has 0 saturated carbocycles. The van der Waals surface area contributed by atoms with Crippen molar-refractivity contribution < 1.29 is 17.9 Å². The lowest BCUT2D eigenvalue weighted by molar-refractivity contribution is -0.121.